The second kappa shape index (κ2) is 11.9. The fourth-order valence-corrected chi connectivity index (χ4v) is 8.49. The van der Waals surface area contributed by atoms with E-state index in [4.69, 9.17) is 16.3 Å². The van der Waals surface area contributed by atoms with Crippen LogP contribution in [0.4, 0.5) is 5.69 Å². The van der Waals surface area contributed by atoms with Gasteiger partial charge in [-0.2, -0.15) is 0 Å². The molecule has 0 aromatic heterocycles. The van der Waals surface area contributed by atoms with Gasteiger partial charge in [0.25, 0.3) is 0 Å². The van der Waals surface area contributed by atoms with E-state index in [-0.39, 0.29) is 23.8 Å². The Bertz CT molecular complexity index is 1240. The van der Waals surface area contributed by atoms with Crippen LogP contribution in [0.1, 0.15) is 59.3 Å². The van der Waals surface area contributed by atoms with Crippen LogP contribution in [0.5, 0.6) is 0 Å². The number of amides is 3. The lowest BCUT2D eigenvalue weighted by Crippen LogP contribution is -2.58. The van der Waals surface area contributed by atoms with Gasteiger partial charge in [0.2, 0.25) is 17.7 Å². The van der Waals surface area contributed by atoms with Gasteiger partial charge in [-0.25, -0.2) is 0 Å². The summed E-state index contributed by atoms with van der Waals surface area (Å²) in [6, 6.07) is 6.24. The van der Waals surface area contributed by atoms with Crippen LogP contribution in [0.15, 0.2) is 36.4 Å². The Morgan fingerprint density at radius 3 is 2.71 bits per heavy atom. The molecule has 2 bridgehead atoms. The van der Waals surface area contributed by atoms with E-state index < -0.39 is 29.6 Å². The lowest BCUT2D eigenvalue weighted by Gasteiger charge is -2.38. The summed E-state index contributed by atoms with van der Waals surface area (Å²) in [5.74, 6) is -0.522. The van der Waals surface area contributed by atoms with Gasteiger partial charge in [-0.15, -0.1) is 0 Å². The second-order valence-corrected chi connectivity index (χ2v) is 14.0. The average Bonchev–Trinajstić information content (AvgIpc) is 3.59. The number of anilines is 1. The first-order valence-electron chi connectivity index (χ1n) is 15.9. The van der Waals surface area contributed by atoms with E-state index in [1.165, 1.54) is 19.3 Å². The maximum absolute atomic E-state index is 14.3. The van der Waals surface area contributed by atoms with Crippen molar-refractivity contribution in [1.29, 1.82) is 0 Å². The highest BCUT2D eigenvalue weighted by atomic mass is 35.5. The number of carbonyl (C=O) groups excluding carboxylic acids is 3. The maximum Gasteiger partial charge on any atom is 0.246 e. The van der Waals surface area contributed by atoms with E-state index in [1.807, 2.05) is 12.2 Å². The molecule has 3 amide bonds. The summed E-state index contributed by atoms with van der Waals surface area (Å²) in [6.45, 7) is 10.2. The number of nitrogens with zero attached hydrogens (tertiary/aromatic N) is 2. The normalized spacial score (nSPS) is 37.6. The molecule has 5 aliphatic rings. The number of nitrogens with one attached hydrogen (secondary N) is 2. The van der Waals surface area contributed by atoms with E-state index in [0.717, 1.165) is 38.9 Å². The fraction of sp³-hybridized carbons (Fsp3) is 0.667. The van der Waals surface area contributed by atoms with E-state index >= 15 is 0 Å². The van der Waals surface area contributed by atoms with Crippen molar-refractivity contribution in [3.05, 3.63) is 41.4 Å². The van der Waals surface area contributed by atoms with Crippen LogP contribution in [0.25, 0.3) is 0 Å². The molecule has 6 rings (SSSR count). The van der Waals surface area contributed by atoms with Crippen LogP contribution in [0, 0.1) is 29.6 Å². The second-order valence-electron chi connectivity index (χ2n) is 13.5. The summed E-state index contributed by atoms with van der Waals surface area (Å²) in [7, 11) is 0. The highest BCUT2D eigenvalue weighted by Crippen LogP contribution is 2.55. The number of hydrogen-bond acceptors (Lipinski definition) is 5. The number of fused-ring (bicyclic) bond motifs is 1. The molecule has 8 nitrogen and oxygen atoms in total. The summed E-state index contributed by atoms with van der Waals surface area (Å²) >= 11 is 6.15. The van der Waals surface area contributed by atoms with Crippen molar-refractivity contribution in [1.82, 2.24) is 15.1 Å². The topological polar surface area (TPSA) is 91.0 Å². The van der Waals surface area contributed by atoms with Crippen molar-refractivity contribution >= 4 is 35.0 Å². The molecule has 3 saturated heterocycles. The predicted octanol–water partition coefficient (Wildman–Crippen LogP) is 4.49. The van der Waals surface area contributed by atoms with Gasteiger partial charge in [0.15, 0.2) is 0 Å². The lowest BCUT2D eigenvalue weighted by atomic mass is 9.73. The molecule has 4 aliphatic heterocycles. The zero-order valence-corrected chi connectivity index (χ0v) is 25.8. The van der Waals surface area contributed by atoms with Crippen LogP contribution in [-0.4, -0.2) is 77.5 Å². The van der Waals surface area contributed by atoms with Gasteiger partial charge in [-0.3, -0.25) is 14.4 Å². The first kappa shape index (κ1) is 29.6. The minimum absolute atomic E-state index is 0.0630. The van der Waals surface area contributed by atoms with Crippen molar-refractivity contribution in [2.75, 3.05) is 31.5 Å². The fourth-order valence-electron chi connectivity index (χ4n) is 8.30. The zero-order valence-electron chi connectivity index (χ0n) is 25.1. The Labute approximate surface area is 254 Å². The third-order valence-electron chi connectivity index (χ3n) is 10.7. The number of piperidine rings is 1. The Morgan fingerprint density at radius 2 is 1.93 bits per heavy atom. The van der Waals surface area contributed by atoms with E-state index in [1.54, 1.807) is 29.2 Å². The number of benzene rings is 1. The van der Waals surface area contributed by atoms with Gasteiger partial charge in [-0.05, 0) is 74.7 Å². The Kier molecular flexibility index (Phi) is 8.42. The van der Waals surface area contributed by atoms with E-state index in [0.29, 0.717) is 35.0 Å². The molecule has 4 heterocycles. The predicted molar refractivity (Wildman–Crippen MR) is 163 cm³/mol. The molecule has 0 unspecified atom stereocenters. The number of hydrogen-bond donors (Lipinski definition) is 2. The molecule has 1 spiro atoms. The van der Waals surface area contributed by atoms with Crippen molar-refractivity contribution < 1.29 is 19.1 Å². The molecule has 0 radical (unpaired) electrons. The largest absolute Gasteiger partial charge is 0.359 e. The summed E-state index contributed by atoms with van der Waals surface area (Å²) in [5.41, 5.74) is -0.577. The molecule has 2 N–H and O–H groups in total. The summed E-state index contributed by atoms with van der Waals surface area (Å²) < 4.78 is 6.53. The smallest absolute Gasteiger partial charge is 0.246 e. The monoisotopic (exact) mass is 596 g/mol. The van der Waals surface area contributed by atoms with Crippen molar-refractivity contribution in [3.8, 4) is 0 Å². The number of ether oxygens (including phenoxy) is 1. The molecule has 9 heteroatoms. The number of likely N-dealkylation sites (tertiary alicyclic amines) is 2. The van der Waals surface area contributed by atoms with Crippen LogP contribution in [-0.2, 0) is 19.1 Å². The van der Waals surface area contributed by atoms with Gasteiger partial charge >= 0.3 is 0 Å². The highest BCUT2D eigenvalue weighted by molar-refractivity contribution is 6.30. The maximum atomic E-state index is 14.3. The summed E-state index contributed by atoms with van der Waals surface area (Å²) in [4.78, 5) is 46.4. The molecule has 1 aromatic carbocycles. The molecule has 1 aromatic rings. The van der Waals surface area contributed by atoms with Crippen LogP contribution >= 0.6 is 11.6 Å². The van der Waals surface area contributed by atoms with Crippen molar-refractivity contribution in [2.24, 2.45) is 29.6 Å². The number of carbonyl (C=O) groups is 3. The molecular formula is C33H45ClN4O4. The Morgan fingerprint density at radius 1 is 1.10 bits per heavy atom. The zero-order chi connectivity index (χ0) is 29.6. The third kappa shape index (κ3) is 5.39. The average molecular weight is 597 g/mol. The molecule has 9 atom stereocenters. The first-order valence-corrected chi connectivity index (χ1v) is 16.3. The molecule has 1 aliphatic carbocycles. The Balaban J connectivity index is 1.24. The Hall–Kier alpha value is -2.42. The summed E-state index contributed by atoms with van der Waals surface area (Å²) in [6.07, 6.45) is 9.62. The van der Waals surface area contributed by atoms with Crippen molar-refractivity contribution in [3.63, 3.8) is 0 Å². The highest BCUT2D eigenvalue weighted by Gasteiger charge is 2.72. The quantitative estimate of drug-likeness (QED) is 0.432. The van der Waals surface area contributed by atoms with Crippen LogP contribution in [0.3, 0.4) is 0 Å². The molecular weight excluding hydrogens is 552 g/mol. The summed E-state index contributed by atoms with van der Waals surface area (Å²) in [5, 5.41) is 6.81. The molecule has 4 fully saturated rings. The number of halogens is 1. The third-order valence-corrected chi connectivity index (χ3v) is 10.9. The van der Waals surface area contributed by atoms with Gasteiger partial charge in [0.1, 0.15) is 11.6 Å². The SMILES string of the molecule is C[C@@H]1CCCN(CCCN2C(=O)[C@@H]3[C@H](C(=O)Nc4cccc(Cl)c4)[C@@H]4C=C[C@@]3(O4)[C@@H]2C(=O)N[C@@H]2CCC[C@H](C)[C@H]2C)C1. The minimum atomic E-state index is -1.15. The van der Waals surface area contributed by atoms with Gasteiger partial charge in [0, 0.05) is 29.8 Å². The van der Waals surface area contributed by atoms with Crippen LogP contribution in [0.2, 0.25) is 5.02 Å². The number of rotatable bonds is 8. The van der Waals surface area contributed by atoms with Gasteiger partial charge in [0.05, 0.1) is 17.9 Å². The van der Waals surface area contributed by atoms with Crippen LogP contribution < -0.4 is 10.6 Å². The lowest BCUT2D eigenvalue weighted by molar-refractivity contribution is -0.141. The minimum Gasteiger partial charge on any atom is -0.359 e. The van der Waals surface area contributed by atoms with E-state index in [2.05, 4.69) is 36.3 Å². The standard InChI is InChI=1S/C33H45ClN4O4/c1-20-8-6-15-37(19-20)16-7-17-38-29(31(40)36-25-12-4-9-21(2)22(25)3)33-14-13-26(42-33)27(28(33)32(38)41)30(39)35-24-11-5-10-23(34)18-24/h5,10-11,13-14,18,20-22,25-29H,4,6-9,12,15-17,19H2,1-3H3,(H,35,39)(H,36,40)/t20-,21+,22-,25-,26+,27-,28+,29+,33+/m1/s1. The molecule has 42 heavy (non-hydrogen) atoms. The molecule has 1 saturated carbocycles. The van der Waals surface area contributed by atoms with Gasteiger partial charge < -0.3 is 25.2 Å². The molecule has 228 valence electrons. The van der Waals surface area contributed by atoms with Gasteiger partial charge in [-0.1, -0.05) is 63.4 Å². The van der Waals surface area contributed by atoms with Crippen molar-refractivity contribution in [2.45, 2.75) is 83.1 Å². The first-order chi connectivity index (χ1) is 20.2. The van der Waals surface area contributed by atoms with E-state index in [9.17, 15) is 14.4 Å².